The van der Waals surface area contributed by atoms with Gasteiger partial charge in [-0.25, -0.2) is 4.99 Å². The molecule has 1 rings (SSSR count). The number of aliphatic imine (C=N–C) groups is 1. The molecule has 0 saturated carbocycles. The van der Waals surface area contributed by atoms with Crippen LogP contribution in [-0.4, -0.2) is 19.0 Å². The lowest BCUT2D eigenvalue weighted by atomic mass is 10.6. The summed E-state index contributed by atoms with van der Waals surface area (Å²) in [6.07, 6.45) is -5.33. The van der Waals surface area contributed by atoms with Crippen molar-refractivity contribution < 1.29 is 22.6 Å². The summed E-state index contributed by atoms with van der Waals surface area (Å²) >= 11 is 0. The fraction of sp³-hybridized carbons (Fsp3) is 0.500. The third-order valence-electron chi connectivity index (χ3n) is 0.663. The molecular weight excluding hydrogens is 151 g/mol. The SMILES string of the molecule is FC(F)(F)OC1[C]OC=N1. The third kappa shape index (κ3) is 2.22. The van der Waals surface area contributed by atoms with Gasteiger partial charge >= 0.3 is 6.36 Å². The van der Waals surface area contributed by atoms with E-state index in [1.54, 1.807) is 0 Å². The lowest BCUT2D eigenvalue weighted by Crippen LogP contribution is -2.20. The van der Waals surface area contributed by atoms with Gasteiger partial charge in [-0.1, -0.05) is 0 Å². The molecule has 3 nitrogen and oxygen atoms in total. The molecule has 0 fully saturated rings. The maximum absolute atomic E-state index is 11.3. The molecule has 0 aromatic heterocycles. The van der Waals surface area contributed by atoms with Crippen LogP contribution in [0.2, 0.25) is 0 Å². The Morgan fingerprint density at radius 1 is 1.60 bits per heavy atom. The van der Waals surface area contributed by atoms with E-state index in [0.29, 0.717) is 0 Å². The number of nitrogens with zero attached hydrogens (tertiary/aromatic N) is 1. The number of rotatable bonds is 1. The topological polar surface area (TPSA) is 30.8 Å². The highest BCUT2D eigenvalue weighted by molar-refractivity contribution is 5.49. The zero-order valence-corrected chi connectivity index (χ0v) is 4.55. The van der Waals surface area contributed by atoms with Crippen molar-refractivity contribution in [2.24, 2.45) is 4.99 Å². The lowest BCUT2D eigenvalue weighted by molar-refractivity contribution is -0.338. The van der Waals surface area contributed by atoms with Gasteiger partial charge in [0.25, 0.3) is 6.61 Å². The van der Waals surface area contributed by atoms with Gasteiger partial charge in [0, 0.05) is 0 Å². The monoisotopic (exact) mass is 153 g/mol. The van der Waals surface area contributed by atoms with Crippen LogP contribution in [-0.2, 0) is 9.47 Å². The van der Waals surface area contributed by atoms with Crippen molar-refractivity contribution in [1.82, 2.24) is 0 Å². The first-order valence-electron chi connectivity index (χ1n) is 2.25. The molecule has 0 aliphatic carbocycles. The van der Waals surface area contributed by atoms with Crippen LogP contribution in [0.1, 0.15) is 0 Å². The highest BCUT2D eigenvalue weighted by Gasteiger charge is 2.35. The second-order valence-electron chi connectivity index (χ2n) is 1.41. The van der Waals surface area contributed by atoms with E-state index in [9.17, 15) is 13.2 Å². The standard InChI is InChI=1S/C4H2F3NO2/c5-4(6,7)10-3-1-9-2-8-3/h2-3H. The second kappa shape index (κ2) is 2.45. The number of hydrogen-bond acceptors (Lipinski definition) is 3. The molecule has 0 N–H and O–H groups in total. The fourth-order valence-corrected chi connectivity index (χ4v) is 0.386. The van der Waals surface area contributed by atoms with Crippen molar-refractivity contribution in [3.05, 3.63) is 6.61 Å². The zero-order valence-electron chi connectivity index (χ0n) is 4.55. The number of hydrogen-bond donors (Lipinski definition) is 0. The van der Waals surface area contributed by atoms with Crippen molar-refractivity contribution in [2.75, 3.05) is 0 Å². The molecule has 10 heavy (non-hydrogen) atoms. The molecule has 1 atom stereocenters. The Hall–Kier alpha value is -0.780. The maximum Gasteiger partial charge on any atom is 0.524 e. The van der Waals surface area contributed by atoms with Crippen LogP contribution in [0.5, 0.6) is 0 Å². The summed E-state index contributed by atoms with van der Waals surface area (Å²) in [6.45, 7) is 1.85. The molecule has 1 aliphatic heterocycles. The quantitative estimate of drug-likeness (QED) is 0.561. The summed E-state index contributed by atoms with van der Waals surface area (Å²) < 4.78 is 41.4. The van der Waals surface area contributed by atoms with Gasteiger partial charge in [-0.05, 0) is 0 Å². The molecule has 0 amide bonds. The molecule has 1 heterocycles. The van der Waals surface area contributed by atoms with Crippen LogP contribution in [0.4, 0.5) is 13.2 Å². The van der Waals surface area contributed by atoms with Crippen LogP contribution < -0.4 is 0 Å². The molecule has 0 bridgehead atoms. The molecule has 1 unspecified atom stereocenters. The van der Waals surface area contributed by atoms with Crippen LogP contribution in [0.15, 0.2) is 4.99 Å². The molecule has 0 saturated heterocycles. The second-order valence-corrected chi connectivity index (χ2v) is 1.41. The Morgan fingerprint density at radius 3 is 2.70 bits per heavy atom. The Kier molecular flexibility index (Phi) is 1.80. The first-order chi connectivity index (χ1) is 4.58. The molecule has 0 aromatic carbocycles. The van der Waals surface area contributed by atoms with Gasteiger partial charge in [0.1, 0.15) is 0 Å². The minimum atomic E-state index is -4.69. The smallest absolute Gasteiger partial charge is 0.463 e. The molecule has 0 spiro atoms. The highest BCUT2D eigenvalue weighted by Crippen LogP contribution is 2.21. The van der Waals surface area contributed by atoms with Crippen molar-refractivity contribution in [2.45, 2.75) is 12.6 Å². The predicted molar refractivity (Wildman–Crippen MR) is 23.7 cm³/mol. The molecular formula is C4H2F3NO2. The Morgan fingerprint density at radius 2 is 2.30 bits per heavy atom. The van der Waals surface area contributed by atoms with Crippen molar-refractivity contribution in [3.63, 3.8) is 0 Å². The van der Waals surface area contributed by atoms with Crippen molar-refractivity contribution >= 4 is 6.40 Å². The molecule has 0 aromatic rings. The minimum absolute atomic E-state index is 0.830. The van der Waals surface area contributed by atoms with E-state index in [2.05, 4.69) is 14.5 Å². The lowest BCUT2D eigenvalue weighted by Gasteiger charge is -2.07. The predicted octanol–water partition coefficient (Wildman–Crippen LogP) is 0.946. The van der Waals surface area contributed by atoms with Crippen LogP contribution >= 0.6 is 0 Å². The summed E-state index contributed by atoms with van der Waals surface area (Å²) in [5, 5.41) is 0. The first-order valence-corrected chi connectivity index (χ1v) is 2.25. The Labute approximate surface area is 54.4 Å². The van der Waals surface area contributed by atoms with Gasteiger partial charge in [0.15, 0.2) is 6.40 Å². The molecule has 6 heteroatoms. The average Bonchev–Trinajstić information content (AvgIpc) is 2.12. The van der Waals surface area contributed by atoms with E-state index in [-0.39, 0.29) is 0 Å². The van der Waals surface area contributed by atoms with E-state index in [1.807, 2.05) is 6.61 Å². The van der Waals surface area contributed by atoms with E-state index in [0.717, 1.165) is 6.40 Å². The molecule has 1 aliphatic rings. The summed E-state index contributed by atoms with van der Waals surface area (Å²) in [5.74, 6) is 0. The average molecular weight is 153 g/mol. The van der Waals surface area contributed by atoms with Gasteiger partial charge in [0.05, 0.1) is 0 Å². The Bertz CT molecular complexity index is 144. The third-order valence-corrected chi connectivity index (χ3v) is 0.663. The van der Waals surface area contributed by atoms with Gasteiger partial charge < -0.3 is 4.74 Å². The fourth-order valence-electron chi connectivity index (χ4n) is 0.386. The van der Waals surface area contributed by atoms with Crippen molar-refractivity contribution in [3.8, 4) is 0 Å². The van der Waals surface area contributed by atoms with Crippen LogP contribution in [0.3, 0.4) is 0 Å². The summed E-state index contributed by atoms with van der Waals surface area (Å²) in [7, 11) is 0. The minimum Gasteiger partial charge on any atom is -0.463 e. The summed E-state index contributed by atoms with van der Waals surface area (Å²) in [6, 6.07) is 0. The van der Waals surface area contributed by atoms with Crippen LogP contribution in [0, 0.1) is 6.61 Å². The largest absolute Gasteiger partial charge is 0.524 e. The van der Waals surface area contributed by atoms with Crippen LogP contribution in [0.25, 0.3) is 0 Å². The van der Waals surface area contributed by atoms with Gasteiger partial charge in [-0.15, -0.1) is 13.2 Å². The summed E-state index contributed by atoms with van der Waals surface area (Å²) in [4.78, 5) is 3.12. The van der Waals surface area contributed by atoms with Crippen molar-refractivity contribution in [1.29, 1.82) is 0 Å². The molecule has 56 valence electrons. The number of halogens is 3. The van der Waals surface area contributed by atoms with E-state index in [1.165, 1.54) is 0 Å². The van der Waals surface area contributed by atoms with Gasteiger partial charge in [0.2, 0.25) is 6.23 Å². The maximum atomic E-state index is 11.3. The number of ether oxygens (including phenoxy) is 2. The molecule has 2 radical (unpaired) electrons. The van der Waals surface area contributed by atoms with E-state index < -0.39 is 12.6 Å². The summed E-state index contributed by atoms with van der Waals surface area (Å²) in [5.41, 5.74) is 0. The highest BCUT2D eigenvalue weighted by atomic mass is 19.4. The Balaban J connectivity index is 2.31. The van der Waals surface area contributed by atoms with Gasteiger partial charge in [-0.3, -0.25) is 4.74 Å². The zero-order chi connectivity index (χ0) is 7.61. The first kappa shape index (κ1) is 7.33. The van der Waals surface area contributed by atoms with E-state index >= 15 is 0 Å². The number of alkyl halides is 3. The normalized spacial score (nSPS) is 24.9. The van der Waals surface area contributed by atoms with E-state index in [4.69, 9.17) is 0 Å². The van der Waals surface area contributed by atoms with Gasteiger partial charge in [-0.2, -0.15) is 0 Å².